The van der Waals surface area contributed by atoms with E-state index in [4.69, 9.17) is 5.73 Å². The van der Waals surface area contributed by atoms with Crippen molar-refractivity contribution < 1.29 is 0 Å². The second-order valence-electron chi connectivity index (χ2n) is 3.50. The summed E-state index contributed by atoms with van der Waals surface area (Å²) in [6.45, 7) is 7.41. The molecule has 14 heavy (non-hydrogen) atoms. The molecule has 0 amide bonds. The van der Waals surface area contributed by atoms with E-state index in [1.807, 2.05) is 18.2 Å². The summed E-state index contributed by atoms with van der Waals surface area (Å²) in [5, 5.41) is 0. The van der Waals surface area contributed by atoms with Gasteiger partial charge in [0, 0.05) is 12.6 Å². The minimum absolute atomic E-state index is 0.135. The van der Waals surface area contributed by atoms with Gasteiger partial charge in [0.15, 0.2) is 0 Å². The van der Waals surface area contributed by atoms with Crippen molar-refractivity contribution in [3.63, 3.8) is 0 Å². The van der Waals surface area contributed by atoms with Gasteiger partial charge in [0.2, 0.25) is 0 Å². The first-order chi connectivity index (χ1) is 6.77. The highest BCUT2D eigenvalue weighted by molar-refractivity contribution is 5.18. The molecule has 1 aromatic rings. The van der Waals surface area contributed by atoms with Gasteiger partial charge in [0.25, 0.3) is 0 Å². The van der Waals surface area contributed by atoms with Crippen LogP contribution < -0.4 is 5.73 Å². The number of nitrogens with two attached hydrogens (primary N) is 1. The van der Waals surface area contributed by atoms with E-state index in [0.717, 1.165) is 19.6 Å². The number of hydrogen-bond donors (Lipinski definition) is 1. The van der Waals surface area contributed by atoms with Crippen LogP contribution in [0.25, 0.3) is 0 Å². The Morgan fingerprint density at radius 1 is 1.14 bits per heavy atom. The van der Waals surface area contributed by atoms with Crippen molar-refractivity contribution in [3.05, 3.63) is 35.9 Å². The fourth-order valence-corrected chi connectivity index (χ4v) is 1.57. The van der Waals surface area contributed by atoms with E-state index in [0.29, 0.717) is 0 Å². The number of nitrogens with zero attached hydrogens (tertiary/aromatic N) is 1. The Kier molecular flexibility index (Phi) is 4.63. The van der Waals surface area contributed by atoms with Crippen molar-refractivity contribution in [2.75, 3.05) is 19.6 Å². The van der Waals surface area contributed by atoms with Crippen molar-refractivity contribution in [2.24, 2.45) is 5.73 Å². The van der Waals surface area contributed by atoms with Crippen molar-refractivity contribution in [1.82, 2.24) is 4.90 Å². The highest BCUT2D eigenvalue weighted by atomic mass is 15.1. The van der Waals surface area contributed by atoms with Gasteiger partial charge >= 0.3 is 0 Å². The van der Waals surface area contributed by atoms with Crippen LogP contribution in [0.4, 0.5) is 0 Å². The lowest BCUT2D eigenvalue weighted by molar-refractivity contribution is 0.284. The molecule has 1 unspecified atom stereocenters. The zero-order chi connectivity index (χ0) is 10.4. The van der Waals surface area contributed by atoms with Gasteiger partial charge < -0.3 is 10.6 Å². The molecule has 0 heterocycles. The third-order valence-corrected chi connectivity index (χ3v) is 2.58. The van der Waals surface area contributed by atoms with Crippen LogP contribution >= 0.6 is 0 Å². The first-order valence-electron chi connectivity index (χ1n) is 5.30. The van der Waals surface area contributed by atoms with E-state index in [9.17, 15) is 0 Å². The van der Waals surface area contributed by atoms with E-state index >= 15 is 0 Å². The van der Waals surface area contributed by atoms with Crippen LogP contribution in [0, 0.1) is 0 Å². The molecule has 0 aromatic heterocycles. The Morgan fingerprint density at radius 3 is 2.21 bits per heavy atom. The molecule has 1 rings (SSSR count). The highest BCUT2D eigenvalue weighted by Crippen LogP contribution is 2.10. The Balaban J connectivity index is 2.54. The SMILES string of the molecule is CCN(CC)CC(N)c1ccccc1. The molecule has 0 aliphatic heterocycles. The second kappa shape index (κ2) is 5.78. The van der Waals surface area contributed by atoms with Gasteiger partial charge in [-0.15, -0.1) is 0 Å². The molecule has 0 bridgehead atoms. The van der Waals surface area contributed by atoms with E-state index < -0.39 is 0 Å². The Bertz CT molecular complexity index is 242. The summed E-state index contributed by atoms with van der Waals surface area (Å²) in [7, 11) is 0. The molecular formula is C12H20N2. The van der Waals surface area contributed by atoms with Crippen molar-refractivity contribution in [2.45, 2.75) is 19.9 Å². The first kappa shape index (κ1) is 11.2. The lowest BCUT2D eigenvalue weighted by Crippen LogP contribution is -2.31. The van der Waals surface area contributed by atoms with Gasteiger partial charge in [-0.3, -0.25) is 0 Å². The second-order valence-corrected chi connectivity index (χ2v) is 3.50. The van der Waals surface area contributed by atoms with Gasteiger partial charge in [-0.1, -0.05) is 44.2 Å². The topological polar surface area (TPSA) is 29.3 Å². The predicted octanol–water partition coefficient (Wildman–Crippen LogP) is 2.03. The van der Waals surface area contributed by atoms with Crippen LogP contribution in [0.3, 0.4) is 0 Å². The lowest BCUT2D eigenvalue weighted by Gasteiger charge is -2.22. The van der Waals surface area contributed by atoms with Crippen LogP contribution in [0.2, 0.25) is 0 Å². The molecule has 0 saturated heterocycles. The summed E-state index contributed by atoms with van der Waals surface area (Å²) < 4.78 is 0. The minimum Gasteiger partial charge on any atom is -0.323 e. The summed E-state index contributed by atoms with van der Waals surface area (Å²) in [6, 6.07) is 10.4. The zero-order valence-corrected chi connectivity index (χ0v) is 9.11. The average molecular weight is 192 g/mol. The summed E-state index contributed by atoms with van der Waals surface area (Å²) in [5.74, 6) is 0. The maximum Gasteiger partial charge on any atom is 0.0424 e. The van der Waals surface area contributed by atoms with Crippen LogP contribution in [0.1, 0.15) is 25.5 Å². The monoisotopic (exact) mass is 192 g/mol. The van der Waals surface area contributed by atoms with Crippen molar-refractivity contribution in [1.29, 1.82) is 0 Å². The first-order valence-corrected chi connectivity index (χ1v) is 5.30. The third-order valence-electron chi connectivity index (χ3n) is 2.58. The summed E-state index contributed by atoms with van der Waals surface area (Å²) in [4.78, 5) is 2.34. The Hall–Kier alpha value is -0.860. The summed E-state index contributed by atoms with van der Waals surface area (Å²) in [5.41, 5.74) is 7.33. The number of rotatable bonds is 5. The molecule has 2 N–H and O–H groups in total. The van der Waals surface area contributed by atoms with Gasteiger partial charge in [-0.05, 0) is 18.7 Å². The maximum atomic E-state index is 6.11. The molecule has 0 radical (unpaired) electrons. The number of hydrogen-bond acceptors (Lipinski definition) is 2. The van der Waals surface area contributed by atoms with Gasteiger partial charge in [0.1, 0.15) is 0 Å². The highest BCUT2D eigenvalue weighted by Gasteiger charge is 2.08. The van der Waals surface area contributed by atoms with E-state index in [-0.39, 0.29) is 6.04 Å². The van der Waals surface area contributed by atoms with E-state index in [1.54, 1.807) is 0 Å². The summed E-state index contributed by atoms with van der Waals surface area (Å²) >= 11 is 0. The fourth-order valence-electron chi connectivity index (χ4n) is 1.57. The summed E-state index contributed by atoms with van der Waals surface area (Å²) in [6.07, 6.45) is 0. The fraction of sp³-hybridized carbons (Fsp3) is 0.500. The van der Waals surface area contributed by atoms with Crippen LogP contribution in [0.15, 0.2) is 30.3 Å². The van der Waals surface area contributed by atoms with Crippen LogP contribution in [-0.2, 0) is 0 Å². The molecule has 0 aliphatic rings. The van der Waals surface area contributed by atoms with E-state index in [2.05, 4.69) is 30.9 Å². The smallest absolute Gasteiger partial charge is 0.0424 e. The normalized spacial score (nSPS) is 13.1. The van der Waals surface area contributed by atoms with Gasteiger partial charge in [0.05, 0.1) is 0 Å². The molecular weight excluding hydrogens is 172 g/mol. The predicted molar refractivity (Wildman–Crippen MR) is 61.2 cm³/mol. The molecule has 2 nitrogen and oxygen atoms in total. The Labute approximate surface area is 86.7 Å². The quantitative estimate of drug-likeness (QED) is 0.773. The maximum absolute atomic E-state index is 6.11. The molecule has 2 heteroatoms. The van der Waals surface area contributed by atoms with Gasteiger partial charge in [-0.2, -0.15) is 0 Å². The molecule has 1 aromatic carbocycles. The molecule has 0 aliphatic carbocycles. The number of benzene rings is 1. The molecule has 1 atom stereocenters. The Morgan fingerprint density at radius 2 is 1.71 bits per heavy atom. The van der Waals surface area contributed by atoms with Gasteiger partial charge in [-0.25, -0.2) is 0 Å². The zero-order valence-electron chi connectivity index (χ0n) is 9.11. The third kappa shape index (κ3) is 3.13. The largest absolute Gasteiger partial charge is 0.323 e. The van der Waals surface area contributed by atoms with Crippen molar-refractivity contribution >= 4 is 0 Å². The molecule has 0 fully saturated rings. The van der Waals surface area contributed by atoms with Crippen LogP contribution in [-0.4, -0.2) is 24.5 Å². The van der Waals surface area contributed by atoms with E-state index in [1.165, 1.54) is 5.56 Å². The molecule has 0 spiro atoms. The molecule has 0 saturated carbocycles. The van der Waals surface area contributed by atoms with Crippen molar-refractivity contribution in [3.8, 4) is 0 Å². The van der Waals surface area contributed by atoms with Crippen LogP contribution in [0.5, 0.6) is 0 Å². The lowest BCUT2D eigenvalue weighted by atomic mass is 10.1. The minimum atomic E-state index is 0.135. The number of likely N-dealkylation sites (N-methyl/N-ethyl adjacent to an activating group) is 1. The standard InChI is InChI=1S/C12H20N2/c1-3-14(4-2)10-12(13)11-8-6-5-7-9-11/h5-9,12H,3-4,10,13H2,1-2H3. The average Bonchev–Trinajstić information content (AvgIpc) is 2.26. The molecule has 78 valence electrons.